The summed E-state index contributed by atoms with van der Waals surface area (Å²) in [5.74, 6) is -4.03. The van der Waals surface area contributed by atoms with Crippen molar-refractivity contribution in [2.45, 2.75) is 37.5 Å². The summed E-state index contributed by atoms with van der Waals surface area (Å²) in [6.45, 7) is 0. The van der Waals surface area contributed by atoms with Crippen LogP contribution in [0.15, 0.2) is 18.2 Å². The summed E-state index contributed by atoms with van der Waals surface area (Å²) in [4.78, 5) is 38.6. The molecule has 0 saturated heterocycles. The summed E-state index contributed by atoms with van der Waals surface area (Å²) in [7, 11) is 1.84. The molecular weight excluding hydrogens is 520 g/mol. The van der Waals surface area contributed by atoms with Gasteiger partial charge in [-0.3, -0.25) is 4.79 Å². The van der Waals surface area contributed by atoms with Crippen molar-refractivity contribution < 1.29 is 37.0 Å². The normalized spacial score (nSPS) is 15.0. The van der Waals surface area contributed by atoms with Gasteiger partial charge in [-0.1, -0.05) is 23.2 Å². The number of rotatable bonds is 6. The topological polar surface area (TPSA) is 93.7 Å². The van der Waals surface area contributed by atoms with E-state index in [1.165, 1.54) is 12.1 Å². The van der Waals surface area contributed by atoms with Crippen LogP contribution in [0.2, 0.25) is 10.0 Å². The van der Waals surface area contributed by atoms with Gasteiger partial charge < -0.3 is 20.1 Å². The Morgan fingerprint density at radius 3 is 2.32 bits per heavy atom. The Bertz CT molecular complexity index is 1140. The first-order valence-electron chi connectivity index (χ1n) is 9.89. The number of halogens is 5. The van der Waals surface area contributed by atoms with Gasteiger partial charge in [0.15, 0.2) is 0 Å². The zero-order valence-electron chi connectivity index (χ0n) is 17.9. The van der Waals surface area contributed by atoms with Crippen LogP contribution in [0.3, 0.4) is 0 Å². The van der Waals surface area contributed by atoms with Gasteiger partial charge >= 0.3 is 23.8 Å². The quantitative estimate of drug-likeness (QED) is 0.397. The molecule has 7 nitrogen and oxygen atoms in total. The smallest absolute Gasteiger partial charge is 0.441 e. The van der Waals surface area contributed by atoms with Crippen LogP contribution in [0.25, 0.3) is 0 Å². The Balaban J connectivity index is 2.14. The number of fused-ring (bicyclic) bond motifs is 1. The summed E-state index contributed by atoms with van der Waals surface area (Å²) < 4.78 is 52.7. The second kappa shape index (κ2) is 10.0. The molecule has 0 saturated carbocycles. The van der Waals surface area contributed by atoms with E-state index in [1.807, 2.05) is 0 Å². The number of anilines is 1. The van der Waals surface area contributed by atoms with E-state index in [-0.39, 0.29) is 26.2 Å². The highest BCUT2D eigenvalue weighted by atomic mass is 35.5. The summed E-state index contributed by atoms with van der Waals surface area (Å²) in [5.41, 5.74) is -3.65. The van der Waals surface area contributed by atoms with Gasteiger partial charge in [-0.25, -0.2) is 9.59 Å². The van der Waals surface area contributed by atoms with E-state index in [4.69, 9.17) is 27.9 Å². The molecule has 34 heavy (non-hydrogen) atoms. The lowest BCUT2D eigenvalue weighted by Gasteiger charge is -2.34. The maximum absolute atomic E-state index is 14.5. The van der Waals surface area contributed by atoms with E-state index in [1.54, 1.807) is 5.32 Å². The first-order chi connectivity index (χ1) is 15.9. The fourth-order valence-corrected chi connectivity index (χ4v) is 5.42. The van der Waals surface area contributed by atoms with Gasteiger partial charge in [-0.05, 0) is 49.4 Å². The molecule has 2 aromatic rings. The fourth-order valence-electron chi connectivity index (χ4n) is 3.60. The Morgan fingerprint density at radius 1 is 1.06 bits per heavy atom. The Kier molecular flexibility index (Phi) is 7.69. The molecule has 0 spiro atoms. The molecular formula is C21H19Cl2F3N2O5S. The summed E-state index contributed by atoms with van der Waals surface area (Å²) in [6.07, 6.45) is -2.86. The maximum atomic E-state index is 14.5. The first kappa shape index (κ1) is 26.1. The molecule has 0 fully saturated rings. The van der Waals surface area contributed by atoms with E-state index in [0.717, 1.165) is 44.5 Å². The van der Waals surface area contributed by atoms with Crippen molar-refractivity contribution in [2.75, 3.05) is 19.5 Å². The van der Waals surface area contributed by atoms with Crippen LogP contribution >= 0.6 is 34.5 Å². The van der Waals surface area contributed by atoms with Crippen LogP contribution in [-0.2, 0) is 27.1 Å². The van der Waals surface area contributed by atoms with E-state index in [2.05, 4.69) is 10.1 Å². The fraction of sp³-hybridized carbons (Fsp3) is 0.381. The van der Waals surface area contributed by atoms with E-state index in [0.29, 0.717) is 23.3 Å². The molecule has 1 amide bonds. The number of amides is 1. The van der Waals surface area contributed by atoms with Crippen molar-refractivity contribution in [2.24, 2.45) is 0 Å². The second-order valence-corrected chi connectivity index (χ2v) is 9.30. The highest BCUT2D eigenvalue weighted by Crippen LogP contribution is 2.42. The predicted molar refractivity (Wildman–Crippen MR) is 121 cm³/mol. The summed E-state index contributed by atoms with van der Waals surface area (Å²) >= 11 is 12.7. The van der Waals surface area contributed by atoms with Crippen LogP contribution < -0.4 is 10.6 Å². The molecule has 0 aliphatic heterocycles. The largest absolute Gasteiger partial charge is 0.466 e. The summed E-state index contributed by atoms with van der Waals surface area (Å²) in [5, 5.41) is 3.41. The van der Waals surface area contributed by atoms with E-state index < -0.39 is 29.7 Å². The zero-order chi connectivity index (χ0) is 25.3. The molecule has 1 aromatic carbocycles. The molecule has 3 rings (SSSR count). The summed E-state index contributed by atoms with van der Waals surface area (Å²) in [6, 6.07) is 3.54. The SMILES string of the molecule is COC(=O)c1c(N[C@@](NC(=O)c2ccc(Cl)cc2Cl)(C(=O)OC)C(F)(F)F)sc2c1CCCC2. The third-order valence-electron chi connectivity index (χ3n) is 5.26. The molecule has 1 aliphatic rings. The van der Waals surface area contributed by atoms with Crippen molar-refractivity contribution in [3.63, 3.8) is 0 Å². The van der Waals surface area contributed by atoms with E-state index >= 15 is 0 Å². The van der Waals surface area contributed by atoms with Crippen molar-refractivity contribution >= 4 is 57.4 Å². The van der Waals surface area contributed by atoms with Crippen LogP contribution in [0.5, 0.6) is 0 Å². The van der Waals surface area contributed by atoms with Gasteiger partial charge in [-0.15, -0.1) is 11.3 Å². The molecule has 0 radical (unpaired) electrons. The number of esters is 2. The first-order valence-corrected chi connectivity index (χ1v) is 11.5. The van der Waals surface area contributed by atoms with Crippen molar-refractivity contribution in [3.8, 4) is 0 Å². The van der Waals surface area contributed by atoms with Crippen molar-refractivity contribution in [1.29, 1.82) is 0 Å². The molecule has 2 N–H and O–H groups in total. The standard InChI is InChI=1S/C21H19Cl2F3N2O5S/c1-32-18(30)15-12-5-3-4-6-14(12)34-17(15)28-20(19(31)33-2,21(24,25)26)27-16(29)11-8-7-10(22)9-13(11)23/h7-9,28H,3-6H2,1-2H3,(H,27,29)/t20-/m0/s1. The van der Waals surface area contributed by atoms with Crippen molar-refractivity contribution in [1.82, 2.24) is 5.32 Å². The Hall–Kier alpha value is -2.50. The monoisotopic (exact) mass is 538 g/mol. The third kappa shape index (κ3) is 4.82. The number of aryl methyl sites for hydroxylation is 1. The highest BCUT2D eigenvalue weighted by Gasteiger charge is 2.64. The van der Waals surface area contributed by atoms with Gasteiger partial charge in [-0.2, -0.15) is 13.2 Å². The maximum Gasteiger partial charge on any atom is 0.441 e. The number of methoxy groups -OCH3 is 2. The number of ether oxygens (including phenoxy) is 2. The lowest BCUT2D eigenvalue weighted by molar-refractivity contribution is -0.203. The number of hydrogen-bond donors (Lipinski definition) is 2. The average molecular weight is 539 g/mol. The van der Waals surface area contributed by atoms with Gasteiger partial charge in [0.1, 0.15) is 5.00 Å². The van der Waals surface area contributed by atoms with Gasteiger partial charge in [0, 0.05) is 9.90 Å². The minimum atomic E-state index is -5.40. The second-order valence-electron chi connectivity index (χ2n) is 7.35. The molecule has 0 unspecified atom stereocenters. The Morgan fingerprint density at radius 2 is 1.74 bits per heavy atom. The number of nitrogens with one attached hydrogen (secondary N) is 2. The molecule has 1 atom stereocenters. The van der Waals surface area contributed by atoms with E-state index in [9.17, 15) is 27.6 Å². The van der Waals surface area contributed by atoms with Gasteiger partial charge in [0.25, 0.3) is 5.91 Å². The highest BCUT2D eigenvalue weighted by molar-refractivity contribution is 7.16. The molecule has 13 heteroatoms. The Labute approximate surface area is 206 Å². The number of benzene rings is 1. The van der Waals surface area contributed by atoms with Gasteiger partial charge in [0.2, 0.25) is 0 Å². The number of hydrogen-bond acceptors (Lipinski definition) is 7. The minimum Gasteiger partial charge on any atom is -0.466 e. The molecule has 184 valence electrons. The van der Waals surface area contributed by atoms with Crippen LogP contribution in [-0.4, -0.2) is 43.9 Å². The predicted octanol–water partition coefficient (Wildman–Crippen LogP) is 4.99. The van der Waals surface area contributed by atoms with Crippen LogP contribution in [0.4, 0.5) is 18.2 Å². The number of alkyl halides is 3. The van der Waals surface area contributed by atoms with Crippen molar-refractivity contribution in [3.05, 3.63) is 49.8 Å². The number of carbonyl (C=O) groups excluding carboxylic acids is 3. The molecule has 1 aromatic heterocycles. The molecule has 1 heterocycles. The lowest BCUT2D eigenvalue weighted by Crippen LogP contribution is -2.69. The third-order valence-corrected chi connectivity index (χ3v) is 7.01. The molecule has 1 aliphatic carbocycles. The van der Waals surface area contributed by atoms with Crippen LogP contribution in [0.1, 0.15) is 44.0 Å². The minimum absolute atomic E-state index is 0.112. The number of carbonyl (C=O) groups is 3. The lowest BCUT2D eigenvalue weighted by atomic mass is 9.95. The molecule has 0 bridgehead atoms. The average Bonchev–Trinajstić information content (AvgIpc) is 3.14. The zero-order valence-corrected chi connectivity index (χ0v) is 20.2. The van der Waals surface area contributed by atoms with Gasteiger partial charge in [0.05, 0.1) is 30.4 Å². The number of thiophene rings is 1. The van der Waals surface area contributed by atoms with Crippen LogP contribution in [0, 0.1) is 0 Å².